The molecule has 4 heteroatoms. The van der Waals surface area contributed by atoms with Gasteiger partial charge in [0, 0.05) is 0 Å². The lowest BCUT2D eigenvalue weighted by Crippen LogP contribution is -2.37. The topological polar surface area (TPSA) is 60.9 Å². The Kier molecular flexibility index (Phi) is 3.88. The minimum Gasteiger partial charge on any atom is -0.330 e. The molecule has 4 nitrogen and oxygen atoms in total. The average Bonchev–Trinajstić information content (AvgIpc) is 2.79. The molecule has 0 aliphatic rings. The van der Waals surface area contributed by atoms with Gasteiger partial charge in [-0.05, 0) is 30.7 Å². The third-order valence-electron chi connectivity index (χ3n) is 3.79. The van der Waals surface area contributed by atoms with E-state index in [2.05, 4.69) is 51.6 Å². The van der Waals surface area contributed by atoms with Gasteiger partial charge in [0.15, 0.2) is 0 Å². The van der Waals surface area contributed by atoms with Crippen molar-refractivity contribution in [1.29, 1.82) is 0 Å². The van der Waals surface area contributed by atoms with Crippen LogP contribution in [0.1, 0.15) is 12.0 Å². The molecular formula is C17H21N4+. The van der Waals surface area contributed by atoms with Crippen LogP contribution in [0.2, 0.25) is 0 Å². The Hall–Kier alpha value is -2.33. The standard InChI is InChI=1S/C17H20N4/c18-11-6-12-20-15-9-4-5-10-16(15)21(17(20)19)13-14-7-2-1-3-8-14/h1-5,7-10,19H,6,11-13,18H2/p+1. The molecule has 0 radical (unpaired) electrons. The van der Waals surface area contributed by atoms with Crippen molar-refractivity contribution in [2.75, 3.05) is 12.3 Å². The van der Waals surface area contributed by atoms with Crippen LogP contribution in [0.25, 0.3) is 11.0 Å². The summed E-state index contributed by atoms with van der Waals surface area (Å²) in [6.07, 6.45) is 0.925. The molecule has 108 valence electrons. The third-order valence-corrected chi connectivity index (χ3v) is 3.79. The number of hydrogen-bond acceptors (Lipinski definition) is 2. The minimum atomic E-state index is 0.671. The zero-order chi connectivity index (χ0) is 14.7. The highest BCUT2D eigenvalue weighted by Crippen LogP contribution is 2.17. The molecule has 0 fully saturated rings. The van der Waals surface area contributed by atoms with Crippen molar-refractivity contribution in [3.63, 3.8) is 0 Å². The Bertz CT molecular complexity index is 731. The van der Waals surface area contributed by atoms with Gasteiger partial charge in [-0.1, -0.05) is 42.5 Å². The maximum Gasteiger partial charge on any atom is 0.356 e. The van der Waals surface area contributed by atoms with E-state index in [1.807, 2.05) is 12.1 Å². The highest BCUT2D eigenvalue weighted by Gasteiger charge is 2.20. The van der Waals surface area contributed by atoms with Gasteiger partial charge in [0.05, 0.1) is 13.1 Å². The van der Waals surface area contributed by atoms with Gasteiger partial charge in [-0.2, -0.15) is 0 Å². The molecule has 3 aromatic rings. The lowest BCUT2D eigenvalue weighted by molar-refractivity contribution is -0.648. The van der Waals surface area contributed by atoms with Crippen molar-refractivity contribution in [1.82, 2.24) is 4.57 Å². The summed E-state index contributed by atoms with van der Waals surface area (Å²) in [5.74, 6) is 0.786. The molecule has 2 aromatic carbocycles. The average molecular weight is 281 g/mol. The number of aryl methyl sites for hydroxylation is 1. The van der Waals surface area contributed by atoms with E-state index in [0.29, 0.717) is 6.54 Å². The summed E-state index contributed by atoms with van der Waals surface area (Å²) in [6.45, 7) is 2.30. The number of fused-ring (bicyclic) bond motifs is 1. The first kappa shape index (κ1) is 13.6. The quantitative estimate of drug-likeness (QED) is 0.702. The van der Waals surface area contributed by atoms with E-state index in [0.717, 1.165) is 31.0 Å². The SMILES string of the molecule is NCCCn1c(N)[n+](Cc2ccccc2)c2ccccc21. The van der Waals surface area contributed by atoms with Crippen molar-refractivity contribution in [2.45, 2.75) is 19.5 Å². The molecule has 0 spiro atoms. The zero-order valence-corrected chi connectivity index (χ0v) is 12.1. The predicted octanol–water partition coefficient (Wildman–Crippen LogP) is 1.91. The van der Waals surface area contributed by atoms with Gasteiger partial charge in [0.25, 0.3) is 0 Å². The van der Waals surface area contributed by atoms with E-state index in [4.69, 9.17) is 11.5 Å². The Balaban J connectivity index is 2.07. The molecule has 0 saturated heterocycles. The number of aromatic nitrogens is 2. The van der Waals surface area contributed by atoms with Crippen LogP contribution in [0.3, 0.4) is 0 Å². The van der Waals surface area contributed by atoms with Crippen LogP contribution in [-0.2, 0) is 13.1 Å². The Morgan fingerprint density at radius 1 is 0.952 bits per heavy atom. The molecule has 0 atom stereocenters. The van der Waals surface area contributed by atoms with Gasteiger partial charge in [0.1, 0.15) is 11.0 Å². The Morgan fingerprint density at radius 3 is 2.43 bits per heavy atom. The van der Waals surface area contributed by atoms with E-state index < -0.39 is 0 Å². The van der Waals surface area contributed by atoms with Gasteiger partial charge in [-0.3, -0.25) is 5.73 Å². The summed E-state index contributed by atoms with van der Waals surface area (Å²) in [5.41, 5.74) is 15.6. The second-order valence-corrected chi connectivity index (χ2v) is 5.21. The fraction of sp³-hybridized carbons (Fsp3) is 0.235. The molecule has 0 bridgehead atoms. The van der Waals surface area contributed by atoms with Gasteiger partial charge in [0.2, 0.25) is 0 Å². The van der Waals surface area contributed by atoms with Crippen LogP contribution in [0, 0.1) is 0 Å². The molecule has 0 aliphatic carbocycles. The van der Waals surface area contributed by atoms with Gasteiger partial charge in [-0.15, -0.1) is 0 Å². The molecule has 21 heavy (non-hydrogen) atoms. The third kappa shape index (κ3) is 2.62. The second kappa shape index (κ2) is 5.97. The molecular weight excluding hydrogens is 260 g/mol. The molecule has 4 N–H and O–H groups in total. The lowest BCUT2D eigenvalue weighted by Gasteiger charge is -2.02. The van der Waals surface area contributed by atoms with Crippen molar-refractivity contribution >= 4 is 17.0 Å². The van der Waals surface area contributed by atoms with Gasteiger partial charge in [-0.25, -0.2) is 9.13 Å². The Labute approximate surface area is 124 Å². The van der Waals surface area contributed by atoms with Crippen LogP contribution in [0.5, 0.6) is 0 Å². The zero-order valence-electron chi connectivity index (χ0n) is 12.1. The number of rotatable bonds is 5. The predicted molar refractivity (Wildman–Crippen MR) is 85.8 cm³/mol. The number of nitrogens with zero attached hydrogens (tertiary/aromatic N) is 2. The smallest absolute Gasteiger partial charge is 0.330 e. The van der Waals surface area contributed by atoms with Crippen LogP contribution in [0.15, 0.2) is 54.6 Å². The maximum atomic E-state index is 6.39. The molecule has 3 rings (SSSR count). The van der Waals surface area contributed by atoms with Crippen LogP contribution in [-0.4, -0.2) is 11.1 Å². The number of nitrogens with two attached hydrogens (primary N) is 2. The van der Waals surface area contributed by atoms with Crippen molar-refractivity contribution in [3.8, 4) is 0 Å². The molecule has 0 amide bonds. The van der Waals surface area contributed by atoms with Crippen molar-refractivity contribution in [2.24, 2.45) is 5.73 Å². The first-order chi connectivity index (χ1) is 10.3. The highest BCUT2D eigenvalue weighted by molar-refractivity contribution is 5.73. The number of hydrogen-bond donors (Lipinski definition) is 2. The monoisotopic (exact) mass is 281 g/mol. The fourth-order valence-electron chi connectivity index (χ4n) is 2.73. The van der Waals surface area contributed by atoms with E-state index in [-0.39, 0.29) is 0 Å². The summed E-state index contributed by atoms with van der Waals surface area (Å²) < 4.78 is 4.33. The molecule has 0 unspecified atom stereocenters. The molecule has 1 heterocycles. The minimum absolute atomic E-state index is 0.671. The summed E-state index contributed by atoms with van der Waals surface area (Å²) in [4.78, 5) is 0. The number of para-hydroxylation sites is 2. The van der Waals surface area contributed by atoms with Gasteiger partial charge < -0.3 is 5.73 Å². The summed E-state index contributed by atoms with van der Waals surface area (Å²) >= 11 is 0. The summed E-state index contributed by atoms with van der Waals surface area (Å²) in [7, 11) is 0. The maximum absolute atomic E-state index is 6.39. The Morgan fingerprint density at radius 2 is 1.67 bits per heavy atom. The number of anilines is 1. The molecule has 0 aliphatic heterocycles. The number of nitrogen functional groups attached to an aromatic ring is 1. The van der Waals surface area contributed by atoms with Crippen LogP contribution >= 0.6 is 0 Å². The summed E-state index contributed by atoms with van der Waals surface area (Å²) in [6, 6.07) is 18.7. The highest BCUT2D eigenvalue weighted by atomic mass is 15.2. The van der Waals surface area contributed by atoms with Crippen LogP contribution in [0.4, 0.5) is 5.95 Å². The van der Waals surface area contributed by atoms with Crippen molar-refractivity contribution in [3.05, 3.63) is 60.2 Å². The second-order valence-electron chi connectivity index (χ2n) is 5.21. The first-order valence-electron chi connectivity index (χ1n) is 7.32. The van der Waals surface area contributed by atoms with E-state index in [1.54, 1.807) is 0 Å². The van der Waals surface area contributed by atoms with E-state index in [1.165, 1.54) is 11.1 Å². The lowest BCUT2D eigenvalue weighted by atomic mass is 10.2. The number of imidazole rings is 1. The van der Waals surface area contributed by atoms with Gasteiger partial charge >= 0.3 is 5.95 Å². The normalized spacial score (nSPS) is 11.1. The van der Waals surface area contributed by atoms with Crippen LogP contribution < -0.4 is 16.0 Å². The summed E-state index contributed by atoms with van der Waals surface area (Å²) in [5, 5.41) is 0. The van der Waals surface area contributed by atoms with Crippen molar-refractivity contribution < 1.29 is 4.57 Å². The van der Waals surface area contributed by atoms with E-state index >= 15 is 0 Å². The van der Waals surface area contributed by atoms with E-state index in [9.17, 15) is 0 Å². The fourth-order valence-corrected chi connectivity index (χ4v) is 2.73. The first-order valence-corrected chi connectivity index (χ1v) is 7.32. The number of benzene rings is 2. The largest absolute Gasteiger partial charge is 0.356 e. The molecule has 0 saturated carbocycles. The molecule has 1 aromatic heterocycles.